The number of nitrogens with zero attached hydrogens (tertiary/aromatic N) is 2. The van der Waals surface area contributed by atoms with Crippen LogP contribution in [0.1, 0.15) is 6.42 Å². The molecule has 1 unspecified atom stereocenters. The van der Waals surface area contributed by atoms with E-state index >= 15 is 0 Å². The SMILES string of the molecule is COC(=O)C(C(=O)OC)C(C#N)CC#N. The van der Waals surface area contributed by atoms with Crippen LogP contribution in [-0.4, -0.2) is 26.2 Å². The van der Waals surface area contributed by atoms with Gasteiger partial charge in [0.2, 0.25) is 0 Å². The maximum atomic E-state index is 11.2. The molecule has 0 fully saturated rings. The molecule has 0 heterocycles. The lowest BCUT2D eigenvalue weighted by molar-refractivity contribution is -0.160. The van der Waals surface area contributed by atoms with Crippen LogP contribution in [0.2, 0.25) is 0 Å². The zero-order valence-corrected chi connectivity index (χ0v) is 8.39. The minimum atomic E-state index is -1.36. The van der Waals surface area contributed by atoms with Gasteiger partial charge < -0.3 is 9.47 Å². The van der Waals surface area contributed by atoms with Crippen molar-refractivity contribution < 1.29 is 19.1 Å². The van der Waals surface area contributed by atoms with E-state index in [-0.39, 0.29) is 6.42 Å². The summed E-state index contributed by atoms with van der Waals surface area (Å²) in [7, 11) is 2.19. The number of methoxy groups -OCH3 is 2. The van der Waals surface area contributed by atoms with Gasteiger partial charge in [-0.15, -0.1) is 0 Å². The van der Waals surface area contributed by atoms with Gasteiger partial charge in [-0.2, -0.15) is 10.5 Å². The fourth-order valence-electron chi connectivity index (χ4n) is 1.02. The highest BCUT2D eigenvalue weighted by Crippen LogP contribution is 2.18. The predicted octanol–water partition coefficient (Wildman–Crippen LogP) is 0.00206. The lowest BCUT2D eigenvalue weighted by Crippen LogP contribution is -2.32. The first-order chi connectivity index (χ1) is 7.12. The minimum Gasteiger partial charge on any atom is -0.468 e. The molecule has 0 bridgehead atoms. The Kier molecular flexibility index (Phi) is 5.50. The van der Waals surface area contributed by atoms with Gasteiger partial charge in [-0.3, -0.25) is 9.59 Å². The number of carbonyl (C=O) groups excluding carboxylic acids is 2. The first-order valence-electron chi connectivity index (χ1n) is 4.04. The summed E-state index contributed by atoms with van der Waals surface area (Å²) in [6.45, 7) is 0. The second-order valence-electron chi connectivity index (χ2n) is 2.62. The number of ether oxygens (including phenoxy) is 2. The van der Waals surface area contributed by atoms with Crippen LogP contribution in [0.4, 0.5) is 0 Å². The lowest BCUT2D eigenvalue weighted by atomic mass is 9.91. The number of carbonyl (C=O) groups is 2. The molecule has 0 saturated heterocycles. The van der Waals surface area contributed by atoms with Gasteiger partial charge in [0.15, 0.2) is 5.92 Å². The van der Waals surface area contributed by atoms with E-state index in [2.05, 4.69) is 9.47 Å². The highest BCUT2D eigenvalue weighted by atomic mass is 16.5. The fraction of sp³-hybridized carbons (Fsp3) is 0.556. The van der Waals surface area contributed by atoms with Crippen molar-refractivity contribution >= 4 is 11.9 Å². The molecular formula is C9H10N2O4. The molecule has 6 nitrogen and oxygen atoms in total. The highest BCUT2D eigenvalue weighted by Gasteiger charge is 2.36. The molecule has 0 saturated carbocycles. The number of nitriles is 2. The third-order valence-corrected chi connectivity index (χ3v) is 1.79. The molecule has 0 spiro atoms. The molecule has 0 aromatic heterocycles. The van der Waals surface area contributed by atoms with E-state index in [4.69, 9.17) is 10.5 Å². The summed E-state index contributed by atoms with van der Waals surface area (Å²) in [6.07, 6.45) is -0.231. The molecule has 0 rings (SSSR count). The van der Waals surface area contributed by atoms with E-state index in [0.717, 1.165) is 14.2 Å². The van der Waals surface area contributed by atoms with Crippen molar-refractivity contribution in [2.75, 3.05) is 14.2 Å². The lowest BCUT2D eigenvalue weighted by Gasteiger charge is -2.14. The van der Waals surface area contributed by atoms with E-state index in [1.165, 1.54) is 0 Å². The van der Waals surface area contributed by atoms with Crippen LogP contribution in [0.3, 0.4) is 0 Å². The van der Waals surface area contributed by atoms with E-state index in [1.807, 2.05) is 0 Å². The molecule has 0 radical (unpaired) electrons. The zero-order valence-electron chi connectivity index (χ0n) is 8.39. The molecule has 1 atom stereocenters. The second-order valence-corrected chi connectivity index (χ2v) is 2.62. The smallest absolute Gasteiger partial charge is 0.321 e. The van der Waals surface area contributed by atoms with Crippen LogP contribution in [0.5, 0.6) is 0 Å². The Morgan fingerprint density at radius 3 is 1.93 bits per heavy atom. The van der Waals surface area contributed by atoms with Gasteiger partial charge in [0, 0.05) is 0 Å². The van der Waals surface area contributed by atoms with Crippen LogP contribution in [0, 0.1) is 34.5 Å². The Hall–Kier alpha value is -2.08. The summed E-state index contributed by atoms with van der Waals surface area (Å²) in [5.41, 5.74) is 0. The van der Waals surface area contributed by atoms with Gasteiger partial charge >= 0.3 is 11.9 Å². The van der Waals surface area contributed by atoms with Crippen molar-refractivity contribution in [1.29, 1.82) is 10.5 Å². The zero-order chi connectivity index (χ0) is 11.8. The number of esters is 2. The van der Waals surface area contributed by atoms with Crippen LogP contribution in [0.15, 0.2) is 0 Å². The maximum absolute atomic E-state index is 11.2. The van der Waals surface area contributed by atoms with Gasteiger partial charge in [-0.05, 0) is 0 Å². The minimum absolute atomic E-state index is 0.231. The molecule has 0 aliphatic rings. The average Bonchev–Trinajstić information content (AvgIpc) is 2.27. The van der Waals surface area contributed by atoms with Crippen molar-refractivity contribution in [3.05, 3.63) is 0 Å². The Morgan fingerprint density at radius 1 is 1.20 bits per heavy atom. The van der Waals surface area contributed by atoms with Gasteiger partial charge in [-0.1, -0.05) is 0 Å². The fourth-order valence-corrected chi connectivity index (χ4v) is 1.02. The maximum Gasteiger partial charge on any atom is 0.321 e. The van der Waals surface area contributed by atoms with Crippen molar-refractivity contribution in [3.8, 4) is 12.1 Å². The Balaban J connectivity index is 4.93. The van der Waals surface area contributed by atoms with Crippen LogP contribution in [0.25, 0.3) is 0 Å². The summed E-state index contributed by atoms with van der Waals surface area (Å²) >= 11 is 0. The Labute approximate surface area is 87.0 Å². The number of hydrogen-bond acceptors (Lipinski definition) is 6. The Morgan fingerprint density at radius 2 is 1.67 bits per heavy atom. The van der Waals surface area contributed by atoms with Crippen molar-refractivity contribution in [2.24, 2.45) is 11.8 Å². The van der Waals surface area contributed by atoms with Crippen molar-refractivity contribution in [3.63, 3.8) is 0 Å². The number of hydrogen-bond donors (Lipinski definition) is 0. The van der Waals surface area contributed by atoms with Crippen molar-refractivity contribution in [2.45, 2.75) is 6.42 Å². The van der Waals surface area contributed by atoms with Gasteiger partial charge in [0.25, 0.3) is 0 Å². The van der Waals surface area contributed by atoms with Crippen LogP contribution in [-0.2, 0) is 19.1 Å². The molecule has 0 amide bonds. The average molecular weight is 210 g/mol. The molecular weight excluding hydrogens is 200 g/mol. The van der Waals surface area contributed by atoms with E-state index < -0.39 is 23.8 Å². The molecule has 80 valence electrons. The third-order valence-electron chi connectivity index (χ3n) is 1.79. The summed E-state index contributed by atoms with van der Waals surface area (Å²) in [6, 6.07) is 3.43. The summed E-state index contributed by atoms with van der Waals surface area (Å²) in [4.78, 5) is 22.4. The molecule has 0 aromatic carbocycles. The third kappa shape index (κ3) is 3.28. The monoisotopic (exact) mass is 210 g/mol. The molecule has 6 heteroatoms. The normalized spacial score (nSPS) is 11.0. The van der Waals surface area contributed by atoms with Gasteiger partial charge in [0.1, 0.15) is 0 Å². The van der Waals surface area contributed by atoms with Crippen molar-refractivity contribution in [1.82, 2.24) is 0 Å². The second kappa shape index (κ2) is 6.39. The van der Waals surface area contributed by atoms with Crippen LogP contribution < -0.4 is 0 Å². The molecule has 0 aliphatic heterocycles. The summed E-state index contributed by atoms with van der Waals surface area (Å²) in [5, 5.41) is 17.1. The van der Waals surface area contributed by atoms with Gasteiger partial charge in [0.05, 0.1) is 38.7 Å². The molecule has 0 aliphatic carbocycles. The quantitative estimate of drug-likeness (QED) is 0.478. The molecule has 0 N–H and O–H groups in total. The first kappa shape index (κ1) is 12.9. The Bertz CT molecular complexity index is 310. The van der Waals surface area contributed by atoms with Gasteiger partial charge in [-0.25, -0.2) is 0 Å². The first-order valence-corrected chi connectivity index (χ1v) is 4.04. The predicted molar refractivity (Wildman–Crippen MR) is 46.9 cm³/mol. The van der Waals surface area contributed by atoms with E-state index in [9.17, 15) is 9.59 Å². The van der Waals surface area contributed by atoms with E-state index in [0.29, 0.717) is 0 Å². The summed E-state index contributed by atoms with van der Waals surface area (Å²) < 4.78 is 8.73. The van der Waals surface area contributed by atoms with Crippen LogP contribution >= 0.6 is 0 Å². The standard InChI is InChI=1S/C9H10N2O4/c1-14-8(12)7(9(13)15-2)6(5-11)3-4-10/h6-7H,3H2,1-2H3. The number of rotatable bonds is 4. The molecule has 0 aromatic rings. The largest absolute Gasteiger partial charge is 0.468 e. The molecule has 15 heavy (non-hydrogen) atoms. The van der Waals surface area contributed by atoms with E-state index in [1.54, 1.807) is 12.1 Å². The summed E-state index contributed by atoms with van der Waals surface area (Å²) in [5.74, 6) is -4.15. The highest BCUT2D eigenvalue weighted by molar-refractivity contribution is 5.95. The topological polar surface area (TPSA) is 100 Å².